The smallest absolute Gasteiger partial charge is 0.434 e. The Morgan fingerprint density at radius 2 is 1.90 bits per heavy atom. The number of ether oxygens (including phenoxy) is 2. The first kappa shape index (κ1) is 18.8. The first-order valence-corrected chi connectivity index (χ1v) is 7.55. The van der Waals surface area contributed by atoms with E-state index in [0.29, 0.717) is 12.5 Å². The van der Waals surface area contributed by atoms with Crippen molar-refractivity contribution in [1.29, 1.82) is 0 Å². The Balaban J connectivity index is 3.78. The third-order valence-corrected chi connectivity index (χ3v) is 2.84. The molecule has 116 valence electrons. The molecule has 0 fully saturated rings. The molecule has 0 aliphatic rings. The highest BCUT2D eigenvalue weighted by atomic mass is 16.7. The van der Waals surface area contributed by atoms with Gasteiger partial charge in [0.15, 0.2) is 0 Å². The zero-order valence-corrected chi connectivity index (χ0v) is 13.6. The molecule has 0 saturated heterocycles. The van der Waals surface area contributed by atoms with Gasteiger partial charge in [0.25, 0.3) is 0 Å². The maximum absolute atomic E-state index is 11.4. The van der Waals surface area contributed by atoms with Crippen molar-refractivity contribution >= 4 is 6.16 Å². The molecule has 0 aliphatic carbocycles. The lowest BCUT2D eigenvalue weighted by Crippen LogP contribution is -2.17. The van der Waals surface area contributed by atoms with Crippen molar-refractivity contribution in [1.82, 2.24) is 0 Å². The van der Waals surface area contributed by atoms with Gasteiger partial charge >= 0.3 is 6.16 Å². The van der Waals surface area contributed by atoms with E-state index in [4.69, 9.17) is 9.47 Å². The van der Waals surface area contributed by atoms with E-state index < -0.39 is 6.16 Å². The molecule has 0 radical (unpaired) electrons. The molecule has 0 aromatic carbocycles. The summed E-state index contributed by atoms with van der Waals surface area (Å²) < 4.78 is 10.2. The number of allylic oxidation sites excluding steroid dienone is 4. The van der Waals surface area contributed by atoms with Crippen LogP contribution in [-0.4, -0.2) is 18.9 Å². The highest BCUT2D eigenvalue weighted by Crippen LogP contribution is 2.10. The van der Waals surface area contributed by atoms with E-state index in [9.17, 15) is 4.79 Å². The summed E-state index contributed by atoms with van der Waals surface area (Å²) in [5.74, 6) is 0.334. The lowest BCUT2D eigenvalue weighted by molar-refractivity contribution is 0.0211. The standard InChI is InChI=1S/C17H30O3/c1-6-7-8-10-15(4)11-9-12-16(5)20-17(18)19-13-14(2)3/h6-7,11,14,16H,8-10,12-13H2,1-5H3/b7-6-,15-11+. The maximum Gasteiger partial charge on any atom is 0.508 e. The molecule has 0 aromatic rings. The van der Waals surface area contributed by atoms with Crippen molar-refractivity contribution in [3.63, 3.8) is 0 Å². The van der Waals surface area contributed by atoms with E-state index in [-0.39, 0.29) is 6.10 Å². The molecule has 20 heavy (non-hydrogen) atoms. The monoisotopic (exact) mass is 282 g/mol. The molecular weight excluding hydrogens is 252 g/mol. The fraction of sp³-hybridized carbons (Fsp3) is 0.706. The molecule has 0 aliphatic heterocycles. The molecule has 0 heterocycles. The van der Waals surface area contributed by atoms with E-state index in [1.165, 1.54) is 5.57 Å². The van der Waals surface area contributed by atoms with Gasteiger partial charge in [-0.15, -0.1) is 0 Å². The highest BCUT2D eigenvalue weighted by molar-refractivity contribution is 5.60. The predicted molar refractivity (Wildman–Crippen MR) is 83.8 cm³/mol. The van der Waals surface area contributed by atoms with Gasteiger partial charge in [0.2, 0.25) is 0 Å². The fourth-order valence-electron chi connectivity index (χ4n) is 1.64. The number of hydrogen-bond acceptors (Lipinski definition) is 3. The maximum atomic E-state index is 11.4. The van der Waals surface area contributed by atoms with Crippen LogP contribution in [0.4, 0.5) is 4.79 Å². The van der Waals surface area contributed by atoms with Gasteiger partial charge in [-0.25, -0.2) is 4.79 Å². The van der Waals surface area contributed by atoms with E-state index in [1.807, 2.05) is 27.7 Å². The van der Waals surface area contributed by atoms with Crippen LogP contribution in [0.5, 0.6) is 0 Å². The van der Waals surface area contributed by atoms with Crippen molar-refractivity contribution in [3.8, 4) is 0 Å². The molecule has 0 amide bonds. The summed E-state index contributed by atoms with van der Waals surface area (Å²) >= 11 is 0. The Hall–Kier alpha value is -1.25. The van der Waals surface area contributed by atoms with Crippen molar-refractivity contribution < 1.29 is 14.3 Å². The Labute approximate surface area is 124 Å². The second kappa shape index (κ2) is 11.6. The minimum Gasteiger partial charge on any atom is -0.434 e. The van der Waals surface area contributed by atoms with Crippen LogP contribution in [0, 0.1) is 5.92 Å². The predicted octanol–water partition coefficient (Wildman–Crippen LogP) is 5.27. The summed E-state index contributed by atoms with van der Waals surface area (Å²) in [6, 6.07) is 0. The molecule has 1 atom stereocenters. The molecule has 3 heteroatoms. The van der Waals surface area contributed by atoms with Gasteiger partial charge in [-0.1, -0.05) is 37.6 Å². The van der Waals surface area contributed by atoms with Crippen molar-refractivity contribution in [2.45, 2.75) is 66.4 Å². The Morgan fingerprint density at radius 1 is 1.20 bits per heavy atom. The quantitative estimate of drug-likeness (QED) is 0.427. The Kier molecular flexibility index (Phi) is 10.8. The highest BCUT2D eigenvalue weighted by Gasteiger charge is 2.10. The zero-order chi connectivity index (χ0) is 15.4. The van der Waals surface area contributed by atoms with Gasteiger partial charge in [0.1, 0.15) is 6.10 Å². The van der Waals surface area contributed by atoms with E-state index >= 15 is 0 Å². The SMILES string of the molecule is C/C=C\CC/C(C)=C/CCC(C)OC(=O)OCC(C)C. The molecule has 1 unspecified atom stereocenters. The number of carbonyl (C=O) groups is 1. The van der Waals surface area contributed by atoms with Gasteiger partial charge in [0, 0.05) is 0 Å². The van der Waals surface area contributed by atoms with Gasteiger partial charge in [-0.3, -0.25) is 0 Å². The van der Waals surface area contributed by atoms with E-state index in [0.717, 1.165) is 25.7 Å². The van der Waals surface area contributed by atoms with Crippen LogP contribution in [0.2, 0.25) is 0 Å². The fourth-order valence-corrected chi connectivity index (χ4v) is 1.64. The van der Waals surface area contributed by atoms with Crippen LogP contribution in [0.1, 0.15) is 60.3 Å². The van der Waals surface area contributed by atoms with Crippen LogP contribution in [0.3, 0.4) is 0 Å². The molecule has 0 aromatic heterocycles. The van der Waals surface area contributed by atoms with Crippen molar-refractivity contribution in [3.05, 3.63) is 23.8 Å². The largest absolute Gasteiger partial charge is 0.508 e. The van der Waals surface area contributed by atoms with Gasteiger partial charge in [-0.05, 0) is 52.4 Å². The average molecular weight is 282 g/mol. The number of carbonyl (C=O) groups excluding carboxylic acids is 1. The van der Waals surface area contributed by atoms with Gasteiger partial charge < -0.3 is 9.47 Å². The topological polar surface area (TPSA) is 35.5 Å². The molecule has 0 spiro atoms. The van der Waals surface area contributed by atoms with Crippen molar-refractivity contribution in [2.24, 2.45) is 5.92 Å². The van der Waals surface area contributed by atoms with Gasteiger partial charge in [-0.2, -0.15) is 0 Å². The zero-order valence-electron chi connectivity index (χ0n) is 13.6. The third-order valence-electron chi connectivity index (χ3n) is 2.84. The molecular formula is C17H30O3. The average Bonchev–Trinajstić information content (AvgIpc) is 2.36. The second-order valence-corrected chi connectivity index (χ2v) is 5.62. The summed E-state index contributed by atoms with van der Waals surface area (Å²) in [4.78, 5) is 11.4. The minimum atomic E-state index is -0.556. The summed E-state index contributed by atoms with van der Waals surface area (Å²) in [5.41, 5.74) is 1.39. The van der Waals surface area contributed by atoms with Crippen LogP contribution in [0.15, 0.2) is 23.8 Å². The first-order chi connectivity index (χ1) is 9.45. The molecule has 0 saturated carbocycles. The van der Waals surface area contributed by atoms with Crippen LogP contribution < -0.4 is 0 Å². The van der Waals surface area contributed by atoms with E-state index in [2.05, 4.69) is 25.2 Å². The second-order valence-electron chi connectivity index (χ2n) is 5.62. The number of rotatable bonds is 9. The summed E-state index contributed by atoms with van der Waals surface area (Å²) in [6.45, 7) is 10.5. The molecule has 0 bridgehead atoms. The third kappa shape index (κ3) is 11.8. The normalized spacial score (nSPS) is 13.8. The minimum absolute atomic E-state index is 0.103. The molecule has 0 N–H and O–H groups in total. The number of hydrogen-bond donors (Lipinski definition) is 0. The van der Waals surface area contributed by atoms with Gasteiger partial charge in [0.05, 0.1) is 6.61 Å². The summed E-state index contributed by atoms with van der Waals surface area (Å²) in [5, 5.41) is 0. The van der Waals surface area contributed by atoms with E-state index in [1.54, 1.807) is 0 Å². The lowest BCUT2D eigenvalue weighted by Gasteiger charge is -2.13. The molecule has 3 nitrogen and oxygen atoms in total. The lowest BCUT2D eigenvalue weighted by atomic mass is 10.1. The summed E-state index contributed by atoms with van der Waals surface area (Å²) in [7, 11) is 0. The summed E-state index contributed by atoms with van der Waals surface area (Å²) in [6.07, 6.45) is 9.76. The Morgan fingerprint density at radius 3 is 2.50 bits per heavy atom. The first-order valence-electron chi connectivity index (χ1n) is 7.55. The molecule has 0 rings (SSSR count). The van der Waals surface area contributed by atoms with Crippen LogP contribution in [0.25, 0.3) is 0 Å². The van der Waals surface area contributed by atoms with Crippen LogP contribution in [-0.2, 0) is 9.47 Å². The van der Waals surface area contributed by atoms with Crippen LogP contribution >= 0.6 is 0 Å². The van der Waals surface area contributed by atoms with Crippen molar-refractivity contribution in [2.75, 3.05) is 6.61 Å². The Bertz CT molecular complexity index is 316.